The summed E-state index contributed by atoms with van der Waals surface area (Å²) in [6, 6.07) is 9.11. The molecule has 2 rings (SSSR count). The molecule has 4 heteroatoms. The van der Waals surface area contributed by atoms with Gasteiger partial charge < -0.3 is 14.7 Å². The molecule has 1 saturated heterocycles. The third kappa shape index (κ3) is 4.37. The number of likely N-dealkylation sites (tertiary alicyclic amines) is 1. The van der Waals surface area contributed by atoms with Crippen molar-refractivity contribution in [1.29, 1.82) is 0 Å². The van der Waals surface area contributed by atoms with Gasteiger partial charge in [-0.05, 0) is 40.0 Å². The number of esters is 1. The first-order valence-corrected chi connectivity index (χ1v) is 8.38. The molecule has 1 aliphatic rings. The number of carbonyl (C=O) groups excluding carboxylic acids is 1. The second kappa shape index (κ2) is 6.96. The summed E-state index contributed by atoms with van der Waals surface area (Å²) in [5.41, 5.74) is -1.52. The monoisotopic (exact) mass is 329 g/mol. The molecule has 130 valence electrons. The molecule has 0 amide bonds. The molecule has 0 spiro atoms. The Bertz CT molecular complexity index is 644. The van der Waals surface area contributed by atoms with Gasteiger partial charge in [-0.15, -0.1) is 0 Å². The van der Waals surface area contributed by atoms with Gasteiger partial charge in [-0.3, -0.25) is 0 Å². The van der Waals surface area contributed by atoms with Gasteiger partial charge in [-0.2, -0.15) is 0 Å². The van der Waals surface area contributed by atoms with Crippen LogP contribution in [-0.2, 0) is 4.74 Å². The molecule has 3 atom stereocenters. The average molecular weight is 329 g/mol. The zero-order chi connectivity index (χ0) is 18.0. The lowest BCUT2D eigenvalue weighted by molar-refractivity contribution is -0.0354. The van der Waals surface area contributed by atoms with Crippen LogP contribution in [0, 0.1) is 17.8 Å². The maximum Gasteiger partial charge on any atom is 0.339 e. The minimum atomic E-state index is -1.05. The van der Waals surface area contributed by atoms with Crippen molar-refractivity contribution < 1.29 is 14.6 Å². The molecular weight excluding hydrogens is 302 g/mol. The van der Waals surface area contributed by atoms with Crippen LogP contribution >= 0.6 is 0 Å². The van der Waals surface area contributed by atoms with E-state index >= 15 is 0 Å². The standard InChI is InChI=1S/C20H27NO3/c1-15-14-21(5)16(2)13-20(15,23)12-11-19(3,4)24-18(22)17-9-7-6-8-10-17/h6-10,15-16,23H,13-14H2,1-5H3/t15-,16-,20+/m1/s1. The molecule has 0 saturated carbocycles. The molecular formula is C20H27NO3. The quantitative estimate of drug-likeness (QED) is 0.669. The van der Waals surface area contributed by atoms with E-state index in [1.165, 1.54) is 0 Å². The van der Waals surface area contributed by atoms with Crippen LogP contribution in [0.1, 0.15) is 44.5 Å². The Morgan fingerprint density at radius 1 is 1.33 bits per heavy atom. The third-order valence-corrected chi connectivity index (χ3v) is 4.67. The van der Waals surface area contributed by atoms with Crippen molar-refractivity contribution in [3.8, 4) is 11.8 Å². The van der Waals surface area contributed by atoms with Crippen LogP contribution in [0.15, 0.2) is 30.3 Å². The fraction of sp³-hybridized carbons (Fsp3) is 0.550. The van der Waals surface area contributed by atoms with E-state index in [1.807, 2.05) is 13.0 Å². The van der Waals surface area contributed by atoms with Gasteiger partial charge in [-0.25, -0.2) is 4.79 Å². The van der Waals surface area contributed by atoms with Crippen LogP contribution in [0.4, 0.5) is 0 Å². The van der Waals surface area contributed by atoms with Crippen LogP contribution < -0.4 is 0 Å². The maximum atomic E-state index is 12.2. The molecule has 24 heavy (non-hydrogen) atoms. The van der Waals surface area contributed by atoms with Crippen molar-refractivity contribution in [3.05, 3.63) is 35.9 Å². The lowest BCUT2D eigenvalue weighted by Crippen LogP contribution is -2.52. The predicted octanol–water partition coefficient (Wildman–Crippen LogP) is 2.72. The highest BCUT2D eigenvalue weighted by atomic mass is 16.6. The van der Waals surface area contributed by atoms with Gasteiger partial charge in [-0.1, -0.05) is 37.0 Å². The van der Waals surface area contributed by atoms with E-state index < -0.39 is 17.2 Å². The second-order valence-corrected chi connectivity index (χ2v) is 7.33. The molecule has 1 aromatic rings. The van der Waals surface area contributed by atoms with E-state index in [4.69, 9.17) is 4.74 Å². The summed E-state index contributed by atoms with van der Waals surface area (Å²) in [6.07, 6.45) is 0.584. The molecule has 0 aromatic heterocycles. The third-order valence-electron chi connectivity index (χ3n) is 4.67. The Hall–Kier alpha value is -1.83. The van der Waals surface area contributed by atoms with Crippen LogP contribution in [0.2, 0.25) is 0 Å². The first kappa shape index (κ1) is 18.5. The first-order valence-electron chi connectivity index (χ1n) is 8.38. The van der Waals surface area contributed by atoms with E-state index in [0.717, 1.165) is 6.54 Å². The number of aliphatic hydroxyl groups is 1. The van der Waals surface area contributed by atoms with Crippen LogP contribution in [-0.4, -0.2) is 46.8 Å². The molecule has 1 aliphatic heterocycles. The van der Waals surface area contributed by atoms with Gasteiger partial charge in [0, 0.05) is 24.9 Å². The number of hydrogen-bond acceptors (Lipinski definition) is 4. The van der Waals surface area contributed by atoms with E-state index in [-0.39, 0.29) is 12.0 Å². The molecule has 0 unspecified atom stereocenters. The fourth-order valence-corrected chi connectivity index (χ4v) is 2.89. The predicted molar refractivity (Wildman–Crippen MR) is 94.5 cm³/mol. The SMILES string of the molecule is C[C@@H]1C[C@@](O)(C#CC(C)(C)OC(=O)c2ccccc2)[C@H](C)CN1C. The lowest BCUT2D eigenvalue weighted by atomic mass is 9.79. The maximum absolute atomic E-state index is 12.2. The Kier molecular flexibility index (Phi) is 5.37. The van der Waals surface area contributed by atoms with Gasteiger partial charge in [0.15, 0.2) is 5.60 Å². The van der Waals surface area contributed by atoms with Crippen molar-refractivity contribution >= 4 is 5.97 Å². The molecule has 1 fully saturated rings. The normalized spacial score (nSPS) is 27.9. The molecule has 1 heterocycles. The van der Waals surface area contributed by atoms with Gasteiger partial charge in [0.25, 0.3) is 0 Å². The summed E-state index contributed by atoms with van der Waals surface area (Å²) in [7, 11) is 2.06. The summed E-state index contributed by atoms with van der Waals surface area (Å²) >= 11 is 0. The van der Waals surface area contributed by atoms with Crippen LogP contribution in [0.25, 0.3) is 0 Å². The number of benzene rings is 1. The van der Waals surface area contributed by atoms with Crippen LogP contribution in [0.5, 0.6) is 0 Å². The van der Waals surface area contributed by atoms with Crippen molar-refractivity contribution in [2.45, 2.75) is 51.4 Å². The molecule has 0 radical (unpaired) electrons. The second-order valence-electron chi connectivity index (χ2n) is 7.33. The van der Waals surface area contributed by atoms with Gasteiger partial charge in [0.1, 0.15) is 5.60 Å². The largest absolute Gasteiger partial charge is 0.443 e. The number of ether oxygens (including phenoxy) is 1. The van der Waals surface area contributed by atoms with Crippen molar-refractivity contribution in [1.82, 2.24) is 4.90 Å². The average Bonchev–Trinajstić information content (AvgIpc) is 2.52. The summed E-state index contributed by atoms with van der Waals surface area (Å²) in [4.78, 5) is 14.4. The van der Waals surface area contributed by atoms with E-state index in [0.29, 0.717) is 12.0 Å². The summed E-state index contributed by atoms with van der Waals surface area (Å²) in [5.74, 6) is 5.60. The summed E-state index contributed by atoms with van der Waals surface area (Å²) in [5, 5.41) is 10.9. The molecule has 1 aromatic carbocycles. The first-order chi connectivity index (χ1) is 11.1. The topological polar surface area (TPSA) is 49.8 Å². The molecule has 0 bridgehead atoms. The highest BCUT2D eigenvalue weighted by Crippen LogP contribution is 2.30. The minimum absolute atomic E-state index is 0.0341. The van der Waals surface area contributed by atoms with Gasteiger partial charge in [0.05, 0.1) is 5.56 Å². The van der Waals surface area contributed by atoms with E-state index in [1.54, 1.807) is 38.1 Å². The van der Waals surface area contributed by atoms with Crippen molar-refractivity contribution in [3.63, 3.8) is 0 Å². The Balaban J connectivity index is 2.11. The fourth-order valence-electron chi connectivity index (χ4n) is 2.89. The lowest BCUT2D eigenvalue weighted by Gasteiger charge is -2.43. The van der Waals surface area contributed by atoms with Gasteiger partial charge >= 0.3 is 5.97 Å². The zero-order valence-corrected chi connectivity index (χ0v) is 15.2. The summed E-state index contributed by atoms with van der Waals surface area (Å²) in [6.45, 7) is 8.36. The highest BCUT2D eigenvalue weighted by molar-refractivity contribution is 5.89. The molecule has 4 nitrogen and oxygen atoms in total. The van der Waals surface area contributed by atoms with E-state index in [9.17, 15) is 9.90 Å². The number of piperidine rings is 1. The smallest absolute Gasteiger partial charge is 0.339 e. The number of nitrogens with zero attached hydrogens (tertiary/aromatic N) is 1. The molecule has 1 N–H and O–H groups in total. The minimum Gasteiger partial charge on any atom is -0.443 e. The highest BCUT2D eigenvalue weighted by Gasteiger charge is 2.40. The Morgan fingerprint density at radius 3 is 2.58 bits per heavy atom. The Labute approximate surface area is 144 Å². The number of hydrogen-bond donors (Lipinski definition) is 1. The zero-order valence-electron chi connectivity index (χ0n) is 15.2. The van der Waals surface area contributed by atoms with Crippen LogP contribution in [0.3, 0.4) is 0 Å². The van der Waals surface area contributed by atoms with E-state index in [2.05, 4.69) is 30.7 Å². The summed E-state index contributed by atoms with van der Waals surface area (Å²) < 4.78 is 5.51. The van der Waals surface area contributed by atoms with Crippen molar-refractivity contribution in [2.75, 3.05) is 13.6 Å². The molecule has 0 aliphatic carbocycles. The number of rotatable bonds is 2. The number of carbonyl (C=O) groups is 1. The van der Waals surface area contributed by atoms with Crippen molar-refractivity contribution in [2.24, 2.45) is 5.92 Å². The van der Waals surface area contributed by atoms with Gasteiger partial charge in [0.2, 0.25) is 0 Å². The Morgan fingerprint density at radius 2 is 1.96 bits per heavy atom.